The summed E-state index contributed by atoms with van der Waals surface area (Å²) < 4.78 is 0. The summed E-state index contributed by atoms with van der Waals surface area (Å²) in [7, 11) is 0. The number of amides is 3. The number of halogens is 1. The Morgan fingerprint density at radius 1 is 1.00 bits per heavy atom. The average Bonchev–Trinajstić information content (AvgIpc) is 2.87. The summed E-state index contributed by atoms with van der Waals surface area (Å²) >= 11 is 5.67. The number of hydrogen-bond donors (Lipinski definition) is 10. The van der Waals surface area contributed by atoms with Gasteiger partial charge in [0.15, 0.2) is 0 Å². The van der Waals surface area contributed by atoms with E-state index in [4.69, 9.17) is 28.2 Å². The van der Waals surface area contributed by atoms with Crippen LogP contribution in [0.1, 0.15) is 57.9 Å². The number of carbonyl (C=O) groups is 5. The van der Waals surface area contributed by atoms with Crippen molar-refractivity contribution in [2.45, 2.75) is 76.1 Å². The highest BCUT2D eigenvalue weighted by atomic mass is 35.5. The Hall–Kier alpha value is -3.92. The molecule has 0 fully saturated rings. The number of unbranched alkanes of at least 4 members (excludes halogenated alkanes) is 1. The van der Waals surface area contributed by atoms with Crippen LogP contribution in [0.5, 0.6) is 11.5 Å². The summed E-state index contributed by atoms with van der Waals surface area (Å²) in [6.07, 6.45) is 2.17. The SMILES string of the molecule is CC(C)(O)[C@H](NC(=O)C[C@@H](N)CCCCNC(=O)CC[C@H](N)C(=O)O)C(=O)N/C(=C\c1cc(O)c(Cl)c(O)c1)C(=O)O. The molecule has 0 heterocycles. The van der Waals surface area contributed by atoms with Crippen molar-refractivity contribution in [3.8, 4) is 11.5 Å². The lowest BCUT2D eigenvalue weighted by Crippen LogP contribution is -2.58. The predicted octanol–water partition coefficient (Wildman–Crippen LogP) is -0.255. The van der Waals surface area contributed by atoms with Gasteiger partial charge >= 0.3 is 11.9 Å². The first-order chi connectivity index (χ1) is 19.4. The number of carbonyl (C=O) groups excluding carboxylic acids is 3. The topological polar surface area (TPSA) is 275 Å². The lowest BCUT2D eigenvalue weighted by atomic mass is 9.97. The van der Waals surface area contributed by atoms with Crippen molar-refractivity contribution >= 4 is 47.3 Å². The van der Waals surface area contributed by atoms with E-state index in [-0.39, 0.29) is 35.8 Å². The molecule has 0 spiro atoms. The van der Waals surface area contributed by atoms with E-state index in [2.05, 4.69) is 16.0 Å². The number of phenolic OH excluding ortho intramolecular Hbond substituents is 2. The molecule has 0 bridgehead atoms. The fourth-order valence-corrected chi connectivity index (χ4v) is 3.71. The number of phenols is 2. The molecule has 15 nitrogen and oxygen atoms in total. The second-order valence-electron chi connectivity index (χ2n) is 10.2. The fraction of sp³-hybridized carbons (Fsp3) is 0.500. The van der Waals surface area contributed by atoms with Crippen LogP contribution in [0.15, 0.2) is 17.8 Å². The number of rotatable bonds is 17. The Morgan fingerprint density at radius 3 is 2.12 bits per heavy atom. The average molecular weight is 616 g/mol. The van der Waals surface area contributed by atoms with Crippen LogP contribution in [0, 0.1) is 0 Å². The second kappa shape index (κ2) is 16.5. The maximum absolute atomic E-state index is 12.9. The number of aromatic hydroxyl groups is 2. The van der Waals surface area contributed by atoms with Crippen molar-refractivity contribution in [2.75, 3.05) is 6.54 Å². The van der Waals surface area contributed by atoms with Crippen LogP contribution in [0.4, 0.5) is 0 Å². The van der Waals surface area contributed by atoms with Gasteiger partial charge in [0.1, 0.15) is 34.3 Å². The highest BCUT2D eigenvalue weighted by molar-refractivity contribution is 6.33. The Balaban J connectivity index is 2.68. The smallest absolute Gasteiger partial charge is 0.352 e. The molecule has 1 aromatic rings. The van der Waals surface area contributed by atoms with Crippen molar-refractivity contribution in [1.29, 1.82) is 0 Å². The van der Waals surface area contributed by atoms with E-state index in [0.717, 1.165) is 18.2 Å². The summed E-state index contributed by atoms with van der Waals surface area (Å²) in [6.45, 7) is 2.79. The van der Waals surface area contributed by atoms with Crippen LogP contribution < -0.4 is 27.4 Å². The van der Waals surface area contributed by atoms with Gasteiger partial charge in [-0.2, -0.15) is 0 Å². The molecule has 16 heteroatoms. The number of carboxylic acid groups (broad SMARTS) is 2. The van der Waals surface area contributed by atoms with Crippen molar-refractivity contribution in [3.63, 3.8) is 0 Å². The number of hydrogen-bond acceptors (Lipinski definition) is 10. The summed E-state index contributed by atoms with van der Waals surface area (Å²) in [5.74, 6) is -5.89. The quantitative estimate of drug-likeness (QED) is 0.0802. The fourth-order valence-electron chi connectivity index (χ4n) is 3.60. The van der Waals surface area contributed by atoms with Gasteiger partial charge in [0.05, 0.1) is 5.60 Å². The zero-order valence-corrected chi connectivity index (χ0v) is 24.0. The molecule has 0 aliphatic heterocycles. The van der Waals surface area contributed by atoms with Gasteiger partial charge in [-0.3, -0.25) is 19.2 Å². The molecule has 3 amide bonds. The van der Waals surface area contributed by atoms with E-state index in [1.165, 1.54) is 13.8 Å². The van der Waals surface area contributed by atoms with Gasteiger partial charge in [0.25, 0.3) is 0 Å². The maximum Gasteiger partial charge on any atom is 0.352 e. The molecule has 1 aromatic carbocycles. The molecule has 0 saturated heterocycles. The first-order valence-electron chi connectivity index (χ1n) is 12.9. The Labute approximate surface area is 246 Å². The van der Waals surface area contributed by atoms with Crippen LogP contribution in [-0.2, 0) is 24.0 Å². The minimum absolute atomic E-state index is 0.0101. The molecule has 0 radical (unpaired) electrons. The summed E-state index contributed by atoms with van der Waals surface area (Å²) in [5, 5.41) is 55.0. The molecule has 0 aliphatic carbocycles. The maximum atomic E-state index is 12.9. The van der Waals surface area contributed by atoms with Crippen LogP contribution in [-0.4, -0.2) is 85.5 Å². The first kappa shape index (κ1) is 36.1. The van der Waals surface area contributed by atoms with E-state index < -0.39 is 64.7 Å². The molecular formula is C26H38ClN5O10. The lowest BCUT2D eigenvalue weighted by Gasteiger charge is -2.29. The molecule has 1 rings (SSSR count). The highest BCUT2D eigenvalue weighted by Gasteiger charge is 2.36. The minimum atomic E-state index is -1.82. The first-order valence-corrected chi connectivity index (χ1v) is 13.3. The van der Waals surface area contributed by atoms with E-state index in [0.29, 0.717) is 25.8 Å². The number of benzene rings is 1. The van der Waals surface area contributed by atoms with Crippen molar-refractivity contribution in [1.82, 2.24) is 16.0 Å². The molecule has 234 valence electrons. The van der Waals surface area contributed by atoms with E-state index >= 15 is 0 Å². The molecule has 3 atom stereocenters. The molecular weight excluding hydrogens is 578 g/mol. The van der Waals surface area contributed by atoms with E-state index in [1.807, 2.05) is 0 Å². The van der Waals surface area contributed by atoms with Gasteiger partial charge < -0.3 is 53.0 Å². The third-order valence-corrected chi connectivity index (χ3v) is 6.29. The standard InChI is InChI=1S/C26H38ClN5O10/c1-26(2,42)22(23(37)31-16(25(40)41)9-13-10-17(33)21(27)18(34)11-13)32-20(36)12-14(28)5-3-4-8-30-19(35)7-6-15(29)24(38)39/h9-11,14-15,22,33-34,42H,3-8,12,28-29H2,1-2H3,(H,30,35)(H,31,37)(H,32,36)(H,38,39)(H,40,41)/b16-9-/t14-,15-,22+/m0/s1. The largest absolute Gasteiger partial charge is 0.506 e. The van der Waals surface area contributed by atoms with E-state index in [9.17, 15) is 44.4 Å². The number of nitrogens with one attached hydrogen (secondary N) is 3. The van der Waals surface area contributed by atoms with Gasteiger partial charge in [-0.1, -0.05) is 18.0 Å². The predicted molar refractivity (Wildman–Crippen MR) is 151 cm³/mol. The van der Waals surface area contributed by atoms with Crippen molar-refractivity contribution in [3.05, 3.63) is 28.4 Å². The van der Waals surface area contributed by atoms with Crippen molar-refractivity contribution in [2.24, 2.45) is 11.5 Å². The summed E-state index contributed by atoms with van der Waals surface area (Å²) in [6, 6.07) is -1.21. The third-order valence-electron chi connectivity index (χ3n) is 5.90. The number of aliphatic carboxylic acids is 2. The lowest BCUT2D eigenvalue weighted by molar-refractivity contribution is -0.139. The molecule has 0 aliphatic rings. The molecule has 42 heavy (non-hydrogen) atoms. The van der Waals surface area contributed by atoms with E-state index in [1.54, 1.807) is 0 Å². The highest BCUT2D eigenvalue weighted by Crippen LogP contribution is 2.34. The molecule has 0 aromatic heterocycles. The van der Waals surface area contributed by atoms with Gasteiger partial charge in [0, 0.05) is 25.4 Å². The van der Waals surface area contributed by atoms with Gasteiger partial charge in [-0.05, 0) is 56.9 Å². The van der Waals surface area contributed by atoms with Crippen LogP contribution in [0.2, 0.25) is 5.02 Å². The number of nitrogens with two attached hydrogens (primary N) is 2. The van der Waals surface area contributed by atoms with Crippen molar-refractivity contribution < 1.29 is 49.5 Å². The monoisotopic (exact) mass is 615 g/mol. The zero-order chi connectivity index (χ0) is 32.2. The molecule has 12 N–H and O–H groups in total. The van der Waals surface area contributed by atoms with Crippen LogP contribution >= 0.6 is 11.6 Å². The Bertz CT molecular complexity index is 1160. The number of carboxylic acids is 2. The van der Waals surface area contributed by atoms with Gasteiger partial charge in [-0.15, -0.1) is 0 Å². The number of aliphatic hydroxyl groups is 1. The summed E-state index contributed by atoms with van der Waals surface area (Å²) in [5.41, 5.74) is 8.85. The van der Waals surface area contributed by atoms with Crippen LogP contribution in [0.3, 0.4) is 0 Å². The van der Waals surface area contributed by atoms with Gasteiger partial charge in [-0.25, -0.2) is 4.79 Å². The normalized spacial score (nSPS) is 13.9. The van der Waals surface area contributed by atoms with Crippen LogP contribution in [0.25, 0.3) is 6.08 Å². The Morgan fingerprint density at radius 2 is 1.60 bits per heavy atom. The van der Waals surface area contributed by atoms with Gasteiger partial charge in [0.2, 0.25) is 17.7 Å². The zero-order valence-electron chi connectivity index (χ0n) is 23.2. The minimum Gasteiger partial charge on any atom is -0.506 e. The second-order valence-corrected chi connectivity index (χ2v) is 10.6. The molecule has 0 saturated carbocycles. The summed E-state index contributed by atoms with van der Waals surface area (Å²) in [4.78, 5) is 59.7. The third kappa shape index (κ3) is 12.7. The Kier molecular flexibility index (Phi) is 14.2. The molecule has 0 unspecified atom stereocenters.